The molecule has 57 heavy (non-hydrogen) atoms. The van der Waals surface area contributed by atoms with Crippen molar-refractivity contribution >= 4 is 21.8 Å². The van der Waals surface area contributed by atoms with Crippen LogP contribution in [-0.2, 0) is 0 Å². The Bertz CT molecular complexity index is 3150. The number of benzene rings is 9. The molecule has 9 aromatic carbocycles. The van der Waals surface area contributed by atoms with E-state index in [9.17, 15) is 0 Å². The van der Waals surface area contributed by atoms with Crippen LogP contribution in [0.5, 0.6) is 0 Å². The van der Waals surface area contributed by atoms with Gasteiger partial charge in [-0.2, -0.15) is 0 Å². The first-order chi connectivity index (χ1) is 28.3. The first-order valence-corrected chi connectivity index (χ1v) is 20.0. The second-order valence-corrected chi connectivity index (χ2v) is 15.6. The van der Waals surface area contributed by atoms with E-state index in [0.29, 0.717) is 0 Å². The normalized spacial score (nSPS) is 15.0. The first kappa shape index (κ1) is 32.1. The Morgan fingerprint density at radius 1 is 0.281 bits per heavy atom. The molecule has 2 unspecified atom stereocenters. The van der Waals surface area contributed by atoms with Gasteiger partial charge in [0.15, 0.2) is 0 Å². The van der Waals surface area contributed by atoms with Gasteiger partial charge in [-0.3, -0.25) is 0 Å². The van der Waals surface area contributed by atoms with Crippen molar-refractivity contribution in [1.82, 2.24) is 4.57 Å². The molecular weight excluding hydrogens is 687 g/mol. The highest BCUT2D eigenvalue weighted by atomic mass is 15.0. The van der Waals surface area contributed by atoms with Gasteiger partial charge in [0.25, 0.3) is 0 Å². The summed E-state index contributed by atoms with van der Waals surface area (Å²) >= 11 is 0. The van der Waals surface area contributed by atoms with Gasteiger partial charge in [-0.15, -0.1) is 0 Å². The van der Waals surface area contributed by atoms with Gasteiger partial charge in [0, 0.05) is 28.3 Å². The van der Waals surface area contributed by atoms with Crippen LogP contribution in [0.4, 0.5) is 0 Å². The monoisotopic (exact) mass is 723 g/mol. The van der Waals surface area contributed by atoms with E-state index in [0.717, 1.165) is 0 Å². The summed E-state index contributed by atoms with van der Waals surface area (Å²) in [6.45, 7) is 0. The molecule has 0 N–H and O–H groups in total. The van der Waals surface area contributed by atoms with Crippen molar-refractivity contribution in [3.8, 4) is 50.2 Å². The smallest absolute Gasteiger partial charge is 0.0541 e. The van der Waals surface area contributed by atoms with Crippen LogP contribution in [0, 0.1) is 0 Å². The van der Waals surface area contributed by atoms with Gasteiger partial charge in [-0.25, -0.2) is 0 Å². The molecule has 0 saturated carbocycles. The number of para-hydroxylation sites is 2. The third kappa shape index (κ3) is 4.95. The average molecular weight is 724 g/mol. The fraction of sp³-hybridized carbons (Fsp3) is 0.0357. The van der Waals surface area contributed by atoms with Crippen molar-refractivity contribution in [2.24, 2.45) is 0 Å². The molecule has 0 spiro atoms. The van der Waals surface area contributed by atoms with Crippen molar-refractivity contribution in [2.45, 2.75) is 11.8 Å². The number of rotatable bonds is 5. The number of aromatic nitrogens is 1. The van der Waals surface area contributed by atoms with E-state index in [-0.39, 0.29) is 11.8 Å². The van der Waals surface area contributed by atoms with Gasteiger partial charge in [0.05, 0.1) is 11.0 Å². The molecule has 266 valence electrons. The molecule has 1 heterocycles. The zero-order valence-corrected chi connectivity index (χ0v) is 31.3. The van der Waals surface area contributed by atoms with E-state index in [1.165, 1.54) is 105 Å². The first-order valence-electron chi connectivity index (χ1n) is 20.0. The molecule has 0 bridgehead atoms. The highest BCUT2D eigenvalue weighted by molar-refractivity contribution is 6.09. The van der Waals surface area contributed by atoms with Gasteiger partial charge in [-0.05, 0) is 108 Å². The molecule has 0 aliphatic heterocycles. The third-order valence-corrected chi connectivity index (χ3v) is 12.6. The zero-order valence-electron chi connectivity index (χ0n) is 31.3. The Labute approximate surface area is 332 Å². The minimum Gasteiger partial charge on any atom is -0.309 e. The Hall–Kier alpha value is -7.22. The Balaban J connectivity index is 0.939. The topological polar surface area (TPSA) is 4.93 Å². The maximum atomic E-state index is 2.43. The molecule has 2 aliphatic carbocycles. The van der Waals surface area contributed by atoms with E-state index >= 15 is 0 Å². The number of fused-ring (bicyclic) bond motifs is 9. The second-order valence-electron chi connectivity index (χ2n) is 15.6. The lowest BCUT2D eigenvalue weighted by molar-refractivity contribution is 1.01. The predicted octanol–water partition coefficient (Wildman–Crippen LogP) is 14.4. The van der Waals surface area contributed by atoms with Crippen LogP contribution in [-0.4, -0.2) is 4.57 Å². The van der Waals surface area contributed by atoms with Crippen LogP contribution in [0.2, 0.25) is 0 Å². The average Bonchev–Trinajstić information content (AvgIpc) is 3.92. The Morgan fingerprint density at radius 2 is 0.737 bits per heavy atom. The van der Waals surface area contributed by atoms with E-state index < -0.39 is 0 Å². The lowest BCUT2D eigenvalue weighted by Crippen LogP contribution is -2.01. The van der Waals surface area contributed by atoms with Gasteiger partial charge >= 0.3 is 0 Å². The summed E-state index contributed by atoms with van der Waals surface area (Å²) in [5.41, 5.74) is 22.1. The molecule has 2 aliphatic rings. The molecule has 1 nitrogen and oxygen atoms in total. The van der Waals surface area contributed by atoms with Crippen LogP contribution in [0.3, 0.4) is 0 Å². The lowest BCUT2D eigenvalue weighted by Gasteiger charge is -2.18. The highest BCUT2D eigenvalue weighted by Crippen LogP contribution is 2.51. The molecule has 1 heteroatoms. The molecule has 1 aromatic heterocycles. The van der Waals surface area contributed by atoms with Crippen molar-refractivity contribution < 1.29 is 0 Å². The van der Waals surface area contributed by atoms with E-state index in [2.05, 4.69) is 217 Å². The SMILES string of the molecule is c1ccc(-c2ccc3c(c2)-c2ccccc2C3c2cccc(-c3cccc(C4c5ccccc5-c5cc(-n6c7ccccc7c7ccccc76)ccc54)c3)c2)cc1. The summed E-state index contributed by atoms with van der Waals surface area (Å²) in [6.07, 6.45) is 0. The van der Waals surface area contributed by atoms with Crippen molar-refractivity contribution in [2.75, 3.05) is 0 Å². The van der Waals surface area contributed by atoms with E-state index in [1.807, 2.05) is 0 Å². The molecule has 2 atom stereocenters. The van der Waals surface area contributed by atoms with Crippen molar-refractivity contribution in [3.05, 3.63) is 246 Å². The second kappa shape index (κ2) is 12.7. The minimum atomic E-state index is 0.152. The van der Waals surface area contributed by atoms with Crippen LogP contribution >= 0.6 is 0 Å². The minimum absolute atomic E-state index is 0.152. The number of hydrogen-bond donors (Lipinski definition) is 0. The summed E-state index contributed by atoms with van der Waals surface area (Å²) in [5, 5.41) is 2.57. The van der Waals surface area contributed by atoms with Crippen LogP contribution in [0.1, 0.15) is 45.2 Å². The highest BCUT2D eigenvalue weighted by Gasteiger charge is 2.32. The third-order valence-electron chi connectivity index (χ3n) is 12.6. The molecule has 12 rings (SSSR count). The maximum absolute atomic E-state index is 2.43. The molecular formula is C56H37N. The molecule has 0 radical (unpaired) electrons. The van der Waals surface area contributed by atoms with E-state index in [4.69, 9.17) is 0 Å². The van der Waals surface area contributed by atoms with Crippen LogP contribution in [0.15, 0.2) is 212 Å². The number of nitrogens with zero attached hydrogens (tertiary/aromatic N) is 1. The number of hydrogen-bond acceptors (Lipinski definition) is 0. The van der Waals surface area contributed by atoms with Gasteiger partial charge < -0.3 is 4.57 Å². The summed E-state index contributed by atoms with van der Waals surface area (Å²) in [6, 6.07) is 78.9. The van der Waals surface area contributed by atoms with Gasteiger partial charge in [0.1, 0.15) is 0 Å². The molecule has 0 saturated heterocycles. The summed E-state index contributed by atoms with van der Waals surface area (Å²) < 4.78 is 2.43. The summed E-state index contributed by atoms with van der Waals surface area (Å²) in [7, 11) is 0. The lowest BCUT2D eigenvalue weighted by atomic mass is 9.85. The van der Waals surface area contributed by atoms with Gasteiger partial charge in [0.2, 0.25) is 0 Å². The standard InChI is InChI=1S/C56H37N/c1-2-14-36(15-3-1)39-28-30-49-51(34-39)43-20-4-6-24-47(43)55(49)40-18-12-16-37(32-40)38-17-13-19-41(33-38)56-48-25-7-5-21-44(48)52-35-42(29-31-50(52)56)57-53-26-10-8-22-45(53)46-23-9-11-27-54(46)57/h1-35,55-56H. The zero-order chi connectivity index (χ0) is 37.5. The maximum Gasteiger partial charge on any atom is 0.0541 e. The molecule has 10 aromatic rings. The van der Waals surface area contributed by atoms with E-state index in [1.54, 1.807) is 0 Å². The van der Waals surface area contributed by atoms with Crippen LogP contribution < -0.4 is 0 Å². The predicted molar refractivity (Wildman–Crippen MR) is 237 cm³/mol. The fourth-order valence-electron chi connectivity index (χ4n) is 10.1. The quantitative estimate of drug-likeness (QED) is 0.167. The Kier molecular flexibility index (Phi) is 7.12. The summed E-state index contributed by atoms with van der Waals surface area (Å²) in [5.74, 6) is 0.334. The fourth-order valence-corrected chi connectivity index (χ4v) is 10.1. The van der Waals surface area contributed by atoms with Crippen molar-refractivity contribution in [3.63, 3.8) is 0 Å². The summed E-state index contributed by atoms with van der Waals surface area (Å²) in [4.78, 5) is 0. The van der Waals surface area contributed by atoms with Crippen LogP contribution in [0.25, 0.3) is 72.0 Å². The largest absolute Gasteiger partial charge is 0.309 e. The molecule has 0 amide bonds. The Morgan fingerprint density at radius 3 is 1.35 bits per heavy atom. The molecule has 0 fully saturated rings. The van der Waals surface area contributed by atoms with Gasteiger partial charge in [-0.1, -0.05) is 182 Å². The van der Waals surface area contributed by atoms with Crippen molar-refractivity contribution in [1.29, 1.82) is 0 Å².